The van der Waals surface area contributed by atoms with Gasteiger partial charge in [-0.1, -0.05) is 332 Å². The molecule has 127 heavy (non-hydrogen) atoms. The maximum atomic E-state index is 4.85. The van der Waals surface area contributed by atoms with Gasteiger partial charge >= 0.3 is 0 Å². The second-order valence-electron chi connectivity index (χ2n) is 32.8. The third-order valence-electron chi connectivity index (χ3n) is 24.6. The van der Waals surface area contributed by atoms with Crippen molar-refractivity contribution in [2.24, 2.45) is 0 Å². The Morgan fingerprint density at radius 2 is 0.386 bits per heavy atom. The summed E-state index contributed by atoms with van der Waals surface area (Å²) in [6.07, 6.45) is 8.93. The molecule has 0 aliphatic heterocycles. The average Bonchev–Trinajstić information content (AvgIpc) is 1.52. The van der Waals surface area contributed by atoms with E-state index in [1.165, 1.54) is 128 Å². The fourth-order valence-corrected chi connectivity index (χ4v) is 18.8. The normalized spacial score (nSPS) is 12.3. The van der Waals surface area contributed by atoms with Gasteiger partial charge in [-0.25, -0.2) is 15.0 Å². The Hall–Kier alpha value is -16.2. The van der Waals surface area contributed by atoms with Crippen molar-refractivity contribution in [3.8, 4) is 146 Å². The number of rotatable bonds is 9. The van der Waals surface area contributed by atoms with Crippen LogP contribution in [0.25, 0.3) is 146 Å². The van der Waals surface area contributed by atoms with E-state index in [1.54, 1.807) is 31.0 Å². The van der Waals surface area contributed by atoms with Crippen LogP contribution in [0.4, 0.5) is 0 Å². The maximum absolute atomic E-state index is 4.85. The zero-order chi connectivity index (χ0) is 85.8. The molecule has 0 radical (unpaired) electrons. The molecule has 0 bridgehead atoms. The lowest BCUT2D eigenvalue weighted by Gasteiger charge is -2.31. The molecule has 8 heteroatoms. The summed E-state index contributed by atoms with van der Waals surface area (Å²) in [5, 5.41) is 0. The van der Waals surface area contributed by atoms with Crippen molar-refractivity contribution in [2.45, 2.75) is 45.4 Å². The number of pyridine rings is 8. The van der Waals surface area contributed by atoms with Crippen molar-refractivity contribution in [3.05, 3.63) is 516 Å². The predicted octanol–water partition coefficient (Wildman–Crippen LogP) is 28.8. The minimum absolute atomic E-state index is 0.189. The third-order valence-corrected chi connectivity index (χ3v) is 24.6. The first-order valence-corrected chi connectivity index (χ1v) is 43.2. The van der Waals surface area contributed by atoms with Gasteiger partial charge in [-0.15, -0.1) is 0 Å². The van der Waals surface area contributed by atoms with Crippen LogP contribution in [0.5, 0.6) is 0 Å². The van der Waals surface area contributed by atoms with Gasteiger partial charge in [0.25, 0.3) is 0 Å². The molecule has 0 saturated heterocycles. The lowest BCUT2D eigenvalue weighted by molar-refractivity contribution is 0.792. The third kappa shape index (κ3) is 15.2. The van der Waals surface area contributed by atoms with Crippen LogP contribution < -0.4 is 0 Å². The molecule has 8 heterocycles. The number of aromatic nitrogens is 8. The highest BCUT2D eigenvalue weighted by atomic mass is 14.8. The number of benzene rings is 12. The van der Waals surface area contributed by atoms with Crippen molar-refractivity contribution < 1.29 is 0 Å². The molecule has 604 valence electrons. The van der Waals surface area contributed by atoms with Gasteiger partial charge in [0.1, 0.15) is 0 Å². The zero-order valence-corrected chi connectivity index (χ0v) is 71.2. The summed E-state index contributed by atoms with van der Waals surface area (Å²) < 4.78 is 0. The largest absolute Gasteiger partial charge is 0.255 e. The number of hydrogen-bond donors (Lipinski definition) is 0. The van der Waals surface area contributed by atoms with E-state index in [0.29, 0.717) is 0 Å². The first-order chi connectivity index (χ1) is 62.5. The van der Waals surface area contributed by atoms with Gasteiger partial charge in [-0.05, 0) is 266 Å². The van der Waals surface area contributed by atoms with Crippen LogP contribution in [0.3, 0.4) is 0 Å². The molecule has 0 amide bonds. The molecule has 0 saturated carbocycles. The molecule has 4 aliphatic carbocycles. The second-order valence-corrected chi connectivity index (χ2v) is 32.8. The summed E-state index contributed by atoms with van der Waals surface area (Å²) in [4.78, 5) is 36.3. The highest BCUT2D eigenvalue weighted by molar-refractivity contribution is 5.98. The molecule has 8 nitrogen and oxygen atoms in total. The summed E-state index contributed by atoms with van der Waals surface area (Å²) >= 11 is 0. The van der Waals surface area contributed by atoms with Crippen molar-refractivity contribution in [2.75, 3.05) is 0 Å². The fourth-order valence-electron chi connectivity index (χ4n) is 18.8. The summed E-state index contributed by atoms with van der Waals surface area (Å²) in [7, 11) is 0. The standard InChI is InChI=1S/C32H22.C26H18.C23H18N2.C22H17N3.C16H13N3/c1-21-15-17-26-27-18-16-23(22-9-3-2-4-10-22)20-31(27)32(30(26)19-21)28-13-7-5-11-24(28)25-12-6-8-14-29(25)32;1-17-14-15-21-20-10-4-7-13-24(20)26(25(21)16-17)22-11-5-2-8-18(22)19-9-3-6-12-23(19)26;1-17-10-12-18(13-11-17)20-15-22(19-7-3-2-4-8-19)25-23(16-20)21-9-5-6-14-24-21;1-16-8-10-17(11-9-16)18-14-21(19-6-2-4-12-23-19)25-22(15-18)20-7-3-5-13-24-20;1-12-10-15(13-6-2-4-8-17-13)19-16(11-12)14-7-3-5-9-18-14/h2-20H,1H3;2-16H,1H3;2-16H,1H3;2-15H,1H3;2-11H,1H3. The Morgan fingerprint density at radius 1 is 0.142 bits per heavy atom. The summed E-state index contributed by atoms with van der Waals surface area (Å²) in [6, 6.07) is 146. The van der Waals surface area contributed by atoms with E-state index in [4.69, 9.17) is 9.97 Å². The average molecular weight is 1630 g/mol. The highest BCUT2D eigenvalue weighted by Gasteiger charge is 2.53. The van der Waals surface area contributed by atoms with E-state index in [2.05, 4.69) is 356 Å². The predicted molar refractivity (Wildman–Crippen MR) is 520 cm³/mol. The van der Waals surface area contributed by atoms with Gasteiger partial charge in [-0.2, -0.15) is 0 Å². The number of aryl methyl sites for hydroxylation is 5. The van der Waals surface area contributed by atoms with Crippen LogP contribution in [0.1, 0.15) is 72.3 Å². The Morgan fingerprint density at radius 3 is 0.724 bits per heavy atom. The fraction of sp³-hybridized carbons (Fsp3) is 0.0588. The lowest BCUT2D eigenvalue weighted by Crippen LogP contribution is -2.26. The second kappa shape index (κ2) is 34.6. The van der Waals surface area contributed by atoms with Gasteiger partial charge in [-0.3, -0.25) is 24.9 Å². The highest BCUT2D eigenvalue weighted by Crippen LogP contribution is 2.65. The Balaban J connectivity index is 0.000000101. The van der Waals surface area contributed by atoms with E-state index in [0.717, 1.165) is 90.5 Å². The molecular formula is C119H88N8. The van der Waals surface area contributed by atoms with Gasteiger partial charge < -0.3 is 0 Å². The van der Waals surface area contributed by atoms with Gasteiger partial charge in [0, 0.05) is 36.5 Å². The quantitative estimate of drug-likeness (QED) is 0.141. The van der Waals surface area contributed by atoms with Gasteiger partial charge in [0.2, 0.25) is 0 Å². The van der Waals surface area contributed by atoms with Crippen molar-refractivity contribution in [1.82, 2.24) is 39.9 Å². The smallest absolute Gasteiger partial charge is 0.0900 e. The van der Waals surface area contributed by atoms with Crippen LogP contribution in [0, 0.1) is 34.6 Å². The van der Waals surface area contributed by atoms with E-state index in [-0.39, 0.29) is 10.8 Å². The van der Waals surface area contributed by atoms with Crippen LogP contribution >= 0.6 is 0 Å². The van der Waals surface area contributed by atoms with Crippen LogP contribution in [0.2, 0.25) is 0 Å². The van der Waals surface area contributed by atoms with Crippen LogP contribution in [0.15, 0.2) is 443 Å². The van der Waals surface area contributed by atoms with Gasteiger partial charge in [0.05, 0.1) is 73.5 Å². The molecule has 0 unspecified atom stereocenters. The summed E-state index contributed by atoms with van der Waals surface area (Å²) in [5.41, 5.74) is 45.9. The van der Waals surface area contributed by atoms with E-state index in [9.17, 15) is 0 Å². The topological polar surface area (TPSA) is 103 Å². The number of hydrogen-bond acceptors (Lipinski definition) is 8. The molecule has 24 rings (SSSR count). The first kappa shape index (κ1) is 79.3. The molecule has 4 aliphatic rings. The molecule has 0 atom stereocenters. The molecule has 2 spiro atoms. The van der Waals surface area contributed by atoms with E-state index >= 15 is 0 Å². The summed E-state index contributed by atoms with van der Waals surface area (Å²) in [5.74, 6) is 0. The lowest BCUT2D eigenvalue weighted by atomic mass is 9.70. The molecule has 0 N–H and O–H groups in total. The first-order valence-electron chi connectivity index (χ1n) is 43.2. The van der Waals surface area contributed by atoms with Crippen molar-refractivity contribution in [3.63, 3.8) is 0 Å². The summed E-state index contributed by atoms with van der Waals surface area (Å²) in [6.45, 7) is 10.7. The Labute approximate surface area is 742 Å². The molecule has 8 aromatic heterocycles. The number of fused-ring (bicyclic) bond motifs is 20. The van der Waals surface area contributed by atoms with Crippen LogP contribution in [-0.2, 0) is 10.8 Å². The minimum Gasteiger partial charge on any atom is -0.255 e. The zero-order valence-electron chi connectivity index (χ0n) is 71.2. The van der Waals surface area contributed by atoms with Crippen LogP contribution in [-0.4, -0.2) is 39.9 Å². The molecule has 20 aromatic rings. The Kier molecular flexibility index (Phi) is 21.6. The van der Waals surface area contributed by atoms with Crippen molar-refractivity contribution >= 4 is 0 Å². The molecule has 0 fully saturated rings. The monoisotopic (exact) mass is 1630 g/mol. The maximum Gasteiger partial charge on any atom is 0.0900 e. The molecule has 12 aromatic carbocycles. The van der Waals surface area contributed by atoms with Crippen molar-refractivity contribution in [1.29, 1.82) is 0 Å². The minimum atomic E-state index is -0.269. The SMILES string of the molecule is Cc1cc(-c2ccccn2)nc(-c2ccccn2)c1.Cc1ccc(-c2cc(-c3ccccc3)nc(-c3ccccn3)c2)cc1.Cc1ccc(-c2cc(-c3ccccn3)nc(-c3ccccn3)c2)cc1.Cc1ccc2c(c1)C1(c3ccccc3-c3ccccc31)c1cc(-c3ccccc3)ccc1-2.Cc1ccc2c(c1)C1(c3ccccc3-c3ccccc31)c1ccccc1-2. The molecular weight excluding hydrogens is 1540 g/mol. The van der Waals surface area contributed by atoms with E-state index < -0.39 is 0 Å². The van der Waals surface area contributed by atoms with Gasteiger partial charge in [0.15, 0.2) is 0 Å². The Bertz CT molecular complexity index is 6940. The number of nitrogens with zero attached hydrogens (tertiary/aromatic N) is 8. The van der Waals surface area contributed by atoms with E-state index in [1.807, 2.05) is 121 Å².